The zero-order valence-corrected chi connectivity index (χ0v) is 14.3. The van der Waals surface area contributed by atoms with Crippen molar-refractivity contribution in [1.29, 1.82) is 0 Å². The van der Waals surface area contributed by atoms with E-state index >= 15 is 0 Å². The van der Waals surface area contributed by atoms with E-state index in [1.807, 2.05) is 0 Å². The summed E-state index contributed by atoms with van der Waals surface area (Å²) in [5, 5.41) is 21.2. The quantitative estimate of drug-likeness (QED) is 0.465. The molecule has 8 nitrogen and oxygen atoms in total. The zero-order valence-electron chi connectivity index (χ0n) is 14.3. The second kappa shape index (κ2) is 8.82. The number of carbonyl (C=O) groups excluding carboxylic acids is 2. The van der Waals surface area contributed by atoms with Gasteiger partial charge in [-0.25, -0.2) is 0 Å². The van der Waals surface area contributed by atoms with E-state index in [1.165, 1.54) is 29.9 Å². The lowest BCUT2D eigenvalue weighted by molar-refractivity contribution is 0.0902. The molecule has 8 heteroatoms. The molecule has 0 aliphatic carbocycles. The SMILES string of the molecule is Cn1ccc(C(=O)NCCCOc2cccc(C(=O)CO)c2)c(O)c1=O. The number of carbonyl (C=O) groups is 2. The number of aliphatic hydroxyl groups excluding tert-OH is 1. The number of aromatic nitrogens is 1. The van der Waals surface area contributed by atoms with Gasteiger partial charge in [-0.2, -0.15) is 0 Å². The topological polar surface area (TPSA) is 118 Å². The maximum absolute atomic E-state index is 12.0. The third kappa shape index (κ3) is 4.70. The molecule has 1 heterocycles. The number of aliphatic hydroxyl groups is 1. The number of amides is 1. The van der Waals surface area contributed by atoms with Crippen molar-refractivity contribution in [3.8, 4) is 11.5 Å². The highest BCUT2D eigenvalue weighted by Crippen LogP contribution is 2.14. The van der Waals surface area contributed by atoms with Crippen molar-refractivity contribution in [2.24, 2.45) is 7.05 Å². The van der Waals surface area contributed by atoms with Gasteiger partial charge in [0.25, 0.3) is 11.5 Å². The van der Waals surface area contributed by atoms with Crippen molar-refractivity contribution in [3.05, 3.63) is 58.0 Å². The van der Waals surface area contributed by atoms with E-state index in [0.29, 0.717) is 24.3 Å². The maximum Gasteiger partial charge on any atom is 0.293 e. The first-order valence-electron chi connectivity index (χ1n) is 7.97. The average molecular weight is 360 g/mol. The Labute approximate surface area is 149 Å². The van der Waals surface area contributed by atoms with E-state index in [2.05, 4.69) is 5.32 Å². The van der Waals surface area contributed by atoms with E-state index in [-0.39, 0.29) is 12.1 Å². The molecular weight excluding hydrogens is 340 g/mol. The van der Waals surface area contributed by atoms with Gasteiger partial charge in [0, 0.05) is 25.4 Å². The smallest absolute Gasteiger partial charge is 0.293 e. The molecule has 0 saturated carbocycles. The van der Waals surface area contributed by atoms with Gasteiger partial charge in [-0.15, -0.1) is 0 Å². The lowest BCUT2D eigenvalue weighted by atomic mass is 10.1. The van der Waals surface area contributed by atoms with Gasteiger partial charge >= 0.3 is 0 Å². The molecule has 138 valence electrons. The average Bonchev–Trinajstić information content (AvgIpc) is 2.65. The number of hydrogen-bond donors (Lipinski definition) is 3. The summed E-state index contributed by atoms with van der Waals surface area (Å²) >= 11 is 0. The number of nitrogens with one attached hydrogen (secondary N) is 1. The molecule has 1 aromatic heterocycles. The van der Waals surface area contributed by atoms with Crippen molar-refractivity contribution in [1.82, 2.24) is 9.88 Å². The summed E-state index contributed by atoms with van der Waals surface area (Å²) in [5.41, 5.74) is -0.359. The second-order valence-corrected chi connectivity index (χ2v) is 5.56. The van der Waals surface area contributed by atoms with Crippen molar-refractivity contribution >= 4 is 11.7 Å². The van der Waals surface area contributed by atoms with Crippen LogP contribution in [0, 0.1) is 0 Å². The number of ketones is 1. The Morgan fingerprint density at radius 3 is 2.77 bits per heavy atom. The Hall–Kier alpha value is -3.13. The third-order valence-electron chi connectivity index (χ3n) is 3.66. The molecule has 0 fully saturated rings. The van der Waals surface area contributed by atoms with Crippen LogP contribution in [0.2, 0.25) is 0 Å². The van der Waals surface area contributed by atoms with Gasteiger partial charge in [-0.1, -0.05) is 12.1 Å². The van der Waals surface area contributed by atoms with Gasteiger partial charge in [-0.05, 0) is 24.6 Å². The monoisotopic (exact) mass is 360 g/mol. The van der Waals surface area contributed by atoms with Crippen LogP contribution in [0.1, 0.15) is 27.1 Å². The molecule has 0 bridgehead atoms. The number of hydrogen-bond acceptors (Lipinski definition) is 6. The van der Waals surface area contributed by atoms with Crippen molar-refractivity contribution < 1.29 is 24.5 Å². The van der Waals surface area contributed by atoms with Crippen LogP contribution in [0.25, 0.3) is 0 Å². The molecular formula is C18H20N2O6. The van der Waals surface area contributed by atoms with Gasteiger partial charge in [0.1, 0.15) is 12.4 Å². The first kappa shape index (κ1) is 19.2. The molecule has 0 spiro atoms. The molecule has 1 aromatic carbocycles. The fourth-order valence-corrected chi connectivity index (χ4v) is 2.21. The fraction of sp³-hybridized carbons (Fsp3) is 0.278. The number of aryl methyl sites for hydroxylation is 1. The molecule has 1 amide bonds. The lowest BCUT2D eigenvalue weighted by Gasteiger charge is -2.09. The first-order chi connectivity index (χ1) is 12.4. The Bertz CT molecular complexity index is 859. The van der Waals surface area contributed by atoms with Crippen LogP contribution >= 0.6 is 0 Å². The van der Waals surface area contributed by atoms with Crippen LogP contribution in [-0.2, 0) is 7.05 Å². The standard InChI is InChI=1S/C18H20N2O6/c1-20-8-6-14(16(23)18(20)25)17(24)19-7-3-9-26-13-5-2-4-12(10-13)15(22)11-21/h2,4-6,8,10,21,23H,3,7,9,11H2,1H3,(H,19,24). The van der Waals surface area contributed by atoms with Gasteiger partial charge < -0.3 is 24.8 Å². The number of aromatic hydroxyl groups is 1. The summed E-state index contributed by atoms with van der Waals surface area (Å²) in [6, 6.07) is 7.83. The summed E-state index contributed by atoms with van der Waals surface area (Å²) in [7, 11) is 1.48. The Morgan fingerprint density at radius 2 is 2.04 bits per heavy atom. The largest absolute Gasteiger partial charge is 0.502 e. The van der Waals surface area contributed by atoms with Crippen LogP contribution in [0.4, 0.5) is 0 Å². The van der Waals surface area contributed by atoms with Crippen molar-refractivity contribution in [3.63, 3.8) is 0 Å². The molecule has 3 N–H and O–H groups in total. The number of nitrogens with zero attached hydrogens (tertiary/aromatic N) is 1. The third-order valence-corrected chi connectivity index (χ3v) is 3.66. The molecule has 0 unspecified atom stereocenters. The highest BCUT2D eigenvalue weighted by Gasteiger charge is 2.14. The summed E-state index contributed by atoms with van der Waals surface area (Å²) in [6.45, 7) is 0.00719. The molecule has 0 atom stereocenters. The highest BCUT2D eigenvalue weighted by molar-refractivity contribution is 5.97. The first-order valence-corrected chi connectivity index (χ1v) is 7.97. The molecule has 0 radical (unpaired) electrons. The van der Waals surface area contributed by atoms with Crippen LogP contribution in [0.5, 0.6) is 11.5 Å². The molecule has 0 saturated heterocycles. The van der Waals surface area contributed by atoms with Crippen molar-refractivity contribution in [2.75, 3.05) is 19.8 Å². The molecule has 0 aliphatic rings. The minimum Gasteiger partial charge on any atom is -0.502 e. The van der Waals surface area contributed by atoms with E-state index in [4.69, 9.17) is 9.84 Å². The Kier molecular flexibility index (Phi) is 6.51. The molecule has 2 aromatic rings. The zero-order chi connectivity index (χ0) is 19.1. The summed E-state index contributed by atoms with van der Waals surface area (Å²) in [6.07, 6.45) is 1.89. The van der Waals surface area contributed by atoms with E-state index in [1.54, 1.807) is 18.2 Å². The molecule has 0 aliphatic heterocycles. The highest BCUT2D eigenvalue weighted by atomic mass is 16.5. The summed E-state index contributed by atoms with van der Waals surface area (Å²) in [5.74, 6) is -1.04. The minimum atomic E-state index is -0.640. The Balaban J connectivity index is 1.81. The lowest BCUT2D eigenvalue weighted by Crippen LogP contribution is -2.28. The van der Waals surface area contributed by atoms with Gasteiger partial charge in [-0.3, -0.25) is 14.4 Å². The number of benzene rings is 1. The summed E-state index contributed by atoms with van der Waals surface area (Å²) in [4.78, 5) is 35.0. The van der Waals surface area contributed by atoms with Crippen LogP contribution in [-0.4, -0.2) is 46.2 Å². The number of rotatable bonds is 8. The van der Waals surface area contributed by atoms with E-state index < -0.39 is 29.6 Å². The number of pyridine rings is 1. The summed E-state index contributed by atoms with van der Waals surface area (Å²) < 4.78 is 6.68. The fourth-order valence-electron chi connectivity index (χ4n) is 2.21. The maximum atomic E-state index is 12.0. The number of ether oxygens (including phenoxy) is 1. The number of Topliss-reactive ketones (excluding diaryl/α,β-unsaturated/α-hetero) is 1. The van der Waals surface area contributed by atoms with Crippen LogP contribution < -0.4 is 15.6 Å². The predicted molar refractivity (Wildman–Crippen MR) is 93.7 cm³/mol. The minimum absolute atomic E-state index is 0.0794. The van der Waals surface area contributed by atoms with Crippen LogP contribution in [0.3, 0.4) is 0 Å². The second-order valence-electron chi connectivity index (χ2n) is 5.56. The van der Waals surface area contributed by atoms with E-state index in [9.17, 15) is 19.5 Å². The molecule has 26 heavy (non-hydrogen) atoms. The Morgan fingerprint density at radius 1 is 1.27 bits per heavy atom. The predicted octanol–water partition coefficient (Wildman–Crippen LogP) is 0.465. The van der Waals surface area contributed by atoms with Gasteiger partial charge in [0.2, 0.25) is 0 Å². The van der Waals surface area contributed by atoms with Gasteiger partial charge in [0.15, 0.2) is 11.5 Å². The van der Waals surface area contributed by atoms with E-state index in [0.717, 1.165) is 0 Å². The normalized spacial score (nSPS) is 10.4. The van der Waals surface area contributed by atoms with Crippen LogP contribution in [0.15, 0.2) is 41.3 Å². The van der Waals surface area contributed by atoms with Crippen molar-refractivity contribution in [2.45, 2.75) is 6.42 Å². The van der Waals surface area contributed by atoms with Gasteiger partial charge in [0.05, 0.1) is 12.2 Å². The molecule has 2 rings (SSSR count).